The van der Waals surface area contributed by atoms with Gasteiger partial charge in [-0.3, -0.25) is 4.79 Å². The number of para-hydroxylation sites is 1. The molecule has 2 aromatic carbocycles. The van der Waals surface area contributed by atoms with Crippen LogP contribution in [0.5, 0.6) is 5.75 Å². The molecule has 2 rings (SSSR count). The first-order valence-electron chi connectivity index (χ1n) is 5.73. The van der Waals surface area contributed by atoms with Gasteiger partial charge in [0.05, 0.1) is 12.2 Å². The van der Waals surface area contributed by atoms with Crippen LogP contribution in [0.15, 0.2) is 42.5 Å². The van der Waals surface area contributed by atoms with Gasteiger partial charge in [0.25, 0.3) is 0 Å². The van der Waals surface area contributed by atoms with Crippen molar-refractivity contribution < 1.29 is 13.9 Å². The summed E-state index contributed by atoms with van der Waals surface area (Å²) in [6.07, 6.45) is 0.508. The van der Waals surface area contributed by atoms with Crippen molar-refractivity contribution in [1.82, 2.24) is 0 Å². The monoisotopic (exact) mass is 244 g/mol. The van der Waals surface area contributed by atoms with E-state index in [0.29, 0.717) is 24.2 Å². The Balaban J connectivity index is 2.48. The molecule has 0 amide bonds. The molecular formula is C15H13FO2. The fourth-order valence-corrected chi connectivity index (χ4v) is 1.78. The normalized spacial score (nSPS) is 10.1. The van der Waals surface area contributed by atoms with Crippen LogP contribution in [-0.4, -0.2) is 12.9 Å². The van der Waals surface area contributed by atoms with E-state index in [1.165, 1.54) is 12.1 Å². The SMILES string of the molecule is CCOc1ccccc1-c1ccc(C=O)c(F)c1. The van der Waals surface area contributed by atoms with E-state index >= 15 is 0 Å². The molecule has 0 aliphatic carbocycles. The van der Waals surface area contributed by atoms with E-state index in [9.17, 15) is 9.18 Å². The smallest absolute Gasteiger partial charge is 0.152 e. The minimum atomic E-state index is -0.520. The maximum atomic E-state index is 13.6. The van der Waals surface area contributed by atoms with Crippen LogP contribution in [0, 0.1) is 5.82 Å². The molecule has 0 heterocycles. The van der Waals surface area contributed by atoms with E-state index in [-0.39, 0.29) is 5.56 Å². The molecule has 0 radical (unpaired) electrons. The minimum absolute atomic E-state index is 0.0626. The maximum absolute atomic E-state index is 13.6. The number of carbonyl (C=O) groups is 1. The number of hydrogen-bond acceptors (Lipinski definition) is 2. The van der Waals surface area contributed by atoms with Crippen molar-refractivity contribution in [3.05, 3.63) is 53.8 Å². The van der Waals surface area contributed by atoms with E-state index in [1.54, 1.807) is 6.07 Å². The first-order valence-corrected chi connectivity index (χ1v) is 5.73. The largest absolute Gasteiger partial charge is 0.493 e. The lowest BCUT2D eigenvalue weighted by Gasteiger charge is -2.10. The second-order valence-electron chi connectivity index (χ2n) is 3.78. The molecule has 0 aliphatic rings. The Morgan fingerprint density at radius 2 is 2.00 bits per heavy atom. The molecule has 2 nitrogen and oxygen atoms in total. The van der Waals surface area contributed by atoms with Crippen molar-refractivity contribution in [2.24, 2.45) is 0 Å². The molecule has 0 unspecified atom stereocenters. The van der Waals surface area contributed by atoms with Crippen LogP contribution in [0.4, 0.5) is 4.39 Å². The summed E-state index contributed by atoms with van der Waals surface area (Å²) in [5, 5.41) is 0. The lowest BCUT2D eigenvalue weighted by atomic mass is 10.0. The molecule has 0 saturated carbocycles. The molecule has 92 valence electrons. The van der Waals surface area contributed by atoms with E-state index in [1.807, 2.05) is 31.2 Å². The zero-order chi connectivity index (χ0) is 13.0. The van der Waals surface area contributed by atoms with Gasteiger partial charge in [0.2, 0.25) is 0 Å². The predicted octanol–water partition coefficient (Wildman–Crippen LogP) is 3.70. The molecule has 0 N–H and O–H groups in total. The molecule has 0 aliphatic heterocycles. The van der Waals surface area contributed by atoms with Gasteiger partial charge in [0.15, 0.2) is 6.29 Å². The average Bonchev–Trinajstić information content (AvgIpc) is 2.40. The minimum Gasteiger partial charge on any atom is -0.493 e. The fourth-order valence-electron chi connectivity index (χ4n) is 1.78. The summed E-state index contributed by atoms with van der Waals surface area (Å²) in [5.74, 6) is 0.187. The van der Waals surface area contributed by atoms with Gasteiger partial charge in [-0.15, -0.1) is 0 Å². The van der Waals surface area contributed by atoms with Crippen molar-refractivity contribution in [2.75, 3.05) is 6.61 Å². The molecule has 2 aromatic rings. The first-order chi connectivity index (χ1) is 8.76. The second-order valence-corrected chi connectivity index (χ2v) is 3.78. The lowest BCUT2D eigenvalue weighted by molar-refractivity contribution is 0.112. The third kappa shape index (κ3) is 2.40. The summed E-state index contributed by atoms with van der Waals surface area (Å²) in [5.41, 5.74) is 1.57. The molecule has 0 bridgehead atoms. The van der Waals surface area contributed by atoms with Crippen LogP contribution in [0.25, 0.3) is 11.1 Å². The molecule has 0 spiro atoms. The number of carbonyl (C=O) groups excluding carboxylic acids is 1. The molecule has 0 atom stereocenters. The Hall–Kier alpha value is -2.16. The van der Waals surface area contributed by atoms with Gasteiger partial charge < -0.3 is 4.74 Å². The van der Waals surface area contributed by atoms with Gasteiger partial charge in [0.1, 0.15) is 11.6 Å². The van der Waals surface area contributed by atoms with Crippen molar-refractivity contribution in [3.8, 4) is 16.9 Å². The van der Waals surface area contributed by atoms with Crippen molar-refractivity contribution >= 4 is 6.29 Å². The fraction of sp³-hybridized carbons (Fsp3) is 0.133. The second kappa shape index (κ2) is 5.45. The average molecular weight is 244 g/mol. The number of ether oxygens (including phenoxy) is 1. The molecule has 0 aromatic heterocycles. The van der Waals surface area contributed by atoms with Gasteiger partial charge in [-0.2, -0.15) is 0 Å². The summed E-state index contributed by atoms with van der Waals surface area (Å²) < 4.78 is 19.1. The van der Waals surface area contributed by atoms with Crippen LogP contribution < -0.4 is 4.74 Å². The Labute approximate surface area is 105 Å². The summed E-state index contributed by atoms with van der Waals surface area (Å²) in [6, 6.07) is 12.0. The highest BCUT2D eigenvalue weighted by molar-refractivity contribution is 5.78. The van der Waals surface area contributed by atoms with E-state index in [2.05, 4.69) is 0 Å². The number of benzene rings is 2. The molecule has 18 heavy (non-hydrogen) atoms. The molecule has 3 heteroatoms. The topological polar surface area (TPSA) is 26.3 Å². The van der Waals surface area contributed by atoms with Crippen LogP contribution in [0.3, 0.4) is 0 Å². The molecule has 0 fully saturated rings. The van der Waals surface area contributed by atoms with Gasteiger partial charge in [-0.1, -0.05) is 24.3 Å². The third-order valence-corrected chi connectivity index (χ3v) is 2.63. The third-order valence-electron chi connectivity index (χ3n) is 2.63. The van der Waals surface area contributed by atoms with E-state index < -0.39 is 5.82 Å². The van der Waals surface area contributed by atoms with Crippen molar-refractivity contribution in [2.45, 2.75) is 6.92 Å². The van der Waals surface area contributed by atoms with Crippen LogP contribution in [0.1, 0.15) is 17.3 Å². The van der Waals surface area contributed by atoms with Gasteiger partial charge in [-0.05, 0) is 30.7 Å². The predicted molar refractivity (Wildman–Crippen MR) is 68.4 cm³/mol. The lowest BCUT2D eigenvalue weighted by Crippen LogP contribution is -1.95. The first kappa shape index (κ1) is 12.3. The van der Waals surface area contributed by atoms with Crippen LogP contribution in [0.2, 0.25) is 0 Å². The summed E-state index contributed by atoms with van der Waals surface area (Å²) in [6.45, 7) is 2.44. The Kier molecular flexibility index (Phi) is 3.72. The van der Waals surface area contributed by atoms with Crippen molar-refractivity contribution in [1.29, 1.82) is 0 Å². The zero-order valence-electron chi connectivity index (χ0n) is 10.0. The number of hydrogen-bond donors (Lipinski definition) is 0. The van der Waals surface area contributed by atoms with E-state index in [4.69, 9.17) is 4.74 Å². The number of halogens is 1. The summed E-state index contributed by atoms with van der Waals surface area (Å²) in [4.78, 5) is 10.6. The van der Waals surface area contributed by atoms with Gasteiger partial charge >= 0.3 is 0 Å². The number of aldehydes is 1. The molecule has 0 saturated heterocycles. The number of rotatable bonds is 4. The summed E-state index contributed by atoms with van der Waals surface area (Å²) in [7, 11) is 0. The zero-order valence-corrected chi connectivity index (χ0v) is 10.0. The standard InChI is InChI=1S/C15H13FO2/c1-2-18-15-6-4-3-5-13(15)11-7-8-12(10-17)14(16)9-11/h3-10H,2H2,1H3. The molecular weight excluding hydrogens is 231 g/mol. The highest BCUT2D eigenvalue weighted by Gasteiger charge is 2.08. The maximum Gasteiger partial charge on any atom is 0.152 e. The van der Waals surface area contributed by atoms with Crippen LogP contribution >= 0.6 is 0 Å². The van der Waals surface area contributed by atoms with Gasteiger partial charge in [-0.25, -0.2) is 4.39 Å². The highest BCUT2D eigenvalue weighted by atomic mass is 19.1. The van der Waals surface area contributed by atoms with Crippen molar-refractivity contribution in [3.63, 3.8) is 0 Å². The highest BCUT2D eigenvalue weighted by Crippen LogP contribution is 2.30. The Bertz CT molecular complexity index is 564. The quantitative estimate of drug-likeness (QED) is 0.766. The van der Waals surface area contributed by atoms with Gasteiger partial charge in [0, 0.05) is 5.56 Å². The Morgan fingerprint density at radius 3 is 2.67 bits per heavy atom. The van der Waals surface area contributed by atoms with E-state index in [0.717, 1.165) is 5.56 Å². The summed E-state index contributed by atoms with van der Waals surface area (Å²) >= 11 is 0. The Morgan fingerprint density at radius 1 is 1.22 bits per heavy atom. The van der Waals surface area contributed by atoms with Crippen LogP contribution in [-0.2, 0) is 0 Å².